The molecular formula is C13H24N4O. The lowest BCUT2D eigenvalue weighted by Crippen LogP contribution is -2.60. The van der Waals surface area contributed by atoms with Gasteiger partial charge in [0.15, 0.2) is 0 Å². The van der Waals surface area contributed by atoms with Crippen LogP contribution in [0, 0.1) is 12.3 Å². The summed E-state index contributed by atoms with van der Waals surface area (Å²) < 4.78 is 7.76. The molecule has 1 heterocycles. The Labute approximate surface area is 109 Å². The molecule has 1 aromatic rings. The highest BCUT2D eigenvalue weighted by molar-refractivity contribution is 5.04. The molecule has 0 radical (unpaired) electrons. The van der Waals surface area contributed by atoms with Gasteiger partial charge in [0.2, 0.25) is 0 Å². The van der Waals surface area contributed by atoms with E-state index < -0.39 is 0 Å². The Balaban J connectivity index is 1.87. The number of hydrogen-bond donors (Lipinski definition) is 1. The van der Waals surface area contributed by atoms with E-state index in [9.17, 15) is 0 Å². The van der Waals surface area contributed by atoms with Gasteiger partial charge in [-0.3, -0.25) is 0 Å². The summed E-state index contributed by atoms with van der Waals surface area (Å²) in [5.41, 5.74) is 0.198. The van der Waals surface area contributed by atoms with E-state index in [2.05, 4.69) is 36.3 Å². The molecule has 2 rings (SSSR count). The van der Waals surface area contributed by atoms with Gasteiger partial charge in [0.05, 0.1) is 12.6 Å². The van der Waals surface area contributed by atoms with Crippen LogP contribution in [0.5, 0.6) is 0 Å². The van der Waals surface area contributed by atoms with Gasteiger partial charge < -0.3 is 14.6 Å². The first kappa shape index (κ1) is 13.5. The molecule has 1 N–H and O–H groups in total. The lowest BCUT2D eigenvalue weighted by Gasteiger charge is -2.51. The summed E-state index contributed by atoms with van der Waals surface area (Å²) in [6.45, 7) is 10.1. The van der Waals surface area contributed by atoms with Crippen molar-refractivity contribution in [1.29, 1.82) is 0 Å². The number of rotatable bonds is 5. The molecule has 0 spiro atoms. The molecule has 0 amide bonds. The Morgan fingerprint density at radius 3 is 2.67 bits per heavy atom. The van der Waals surface area contributed by atoms with Crippen LogP contribution < -0.4 is 5.32 Å². The maximum atomic E-state index is 5.73. The largest absolute Gasteiger partial charge is 0.378 e. The Hall–Kier alpha value is -0.940. The normalized spacial score (nSPS) is 26.1. The SMILES string of the molecule is CCOC1CC(NCc2nnc(C)n2C)C1(C)C. The van der Waals surface area contributed by atoms with Crippen molar-refractivity contribution in [2.45, 2.75) is 52.8 Å². The molecule has 5 heteroatoms. The lowest BCUT2D eigenvalue weighted by molar-refractivity contribution is -0.114. The number of aromatic nitrogens is 3. The number of ether oxygens (including phenoxy) is 1. The Morgan fingerprint density at radius 1 is 1.44 bits per heavy atom. The van der Waals surface area contributed by atoms with Crippen LogP contribution in [0.4, 0.5) is 0 Å². The smallest absolute Gasteiger partial charge is 0.146 e. The van der Waals surface area contributed by atoms with Crippen molar-refractivity contribution in [2.75, 3.05) is 6.61 Å². The molecule has 1 fully saturated rings. The van der Waals surface area contributed by atoms with E-state index in [0.717, 1.165) is 31.2 Å². The standard InChI is InChI=1S/C13H24N4O/c1-6-18-11-7-10(13(11,3)4)14-8-12-16-15-9(2)17(12)5/h10-11,14H,6-8H2,1-5H3. The minimum atomic E-state index is 0.198. The number of aryl methyl sites for hydroxylation is 1. The third-order valence-corrected chi connectivity index (χ3v) is 4.23. The minimum Gasteiger partial charge on any atom is -0.378 e. The van der Waals surface area contributed by atoms with Gasteiger partial charge >= 0.3 is 0 Å². The predicted octanol–water partition coefficient (Wildman–Crippen LogP) is 1.42. The number of hydrogen-bond acceptors (Lipinski definition) is 4. The summed E-state index contributed by atoms with van der Waals surface area (Å²) in [5.74, 6) is 1.94. The number of nitrogens with one attached hydrogen (secondary N) is 1. The molecule has 0 saturated heterocycles. The minimum absolute atomic E-state index is 0.198. The number of nitrogens with zero attached hydrogens (tertiary/aromatic N) is 3. The van der Waals surface area contributed by atoms with Crippen LogP contribution in [0.15, 0.2) is 0 Å². The second kappa shape index (κ2) is 4.97. The van der Waals surface area contributed by atoms with E-state index in [-0.39, 0.29) is 5.41 Å². The first-order chi connectivity index (χ1) is 8.46. The van der Waals surface area contributed by atoms with Gasteiger partial charge in [-0.05, 0) is 20.3 Å². The fourth-order valence-electron chi connectivity index (χ4n) is 2.54. The van der Waals surface area contributed by atoms with E-state index in [1.54, 1.807) is 0 Å². The van der Waals surface area contributed by atoms with Crippen LogP contribution in [-0.2, 0) is 18.3 Å². The van der Waals surface area contributed by atoms with Crippen molar-refractivity contribution in [1.82, 2.24) is 20.1 Å². The van der Waals surface area contributed by atoms with Crippen LogP contribution >= 0.6 is 0 Å². The molecule has 2 atom stereocenters. The quantitative estimate of drug-likeness (QED) is 0.861. The van der Waals surface area contributed by atoms with Gasteiger partial charge in [0.25, 0.3) is 0 Å². The van der Waals surface area contributed by atoms with Gasteiger partial charge in [-0.1, -0.05) is 13.8 Å². The molecule has 1 aromatic heterocycles. The summed E-state index contributed by atoms with van der Waals surface area (Å²) >= 11 is 0. The molecule has 0 bridgehead atoms. The Morgan fingerprint density at radius 2 is 2.17 bits per heavy atom. The van der Waals surface area contributed by atoms with Gasteiger partial charge in [0, 0.05) is 25.1 Å². The third-order valence-electron chi connectivity index (χ3n) is 4.23. The van der Waals surface area contributed by atoms with Gasteiger partial charge in [-0.2, -0.15) is 0 Å². The highest BCUT2D eigenvalue weighted by Gasteiger charge is 2.48. The molecule has 0 aliphatic heterocycles. The van der Waals surface area contributed by atoms with Crippen molar-refractivity contribution in [3.8, 4) is 0 Å². The predicted molar refractivity (Wildman–Crippen MR) is 70.2 cm³/mol. The van der Waals surface area contributed by atoms with Crippen LogP contribution in [0.3, 0.4) is 0 Å². The molecule has 5 nitrogen and oxygen atoms in total. The van der Waals surface area contributed by atoms with Crippen LogP contribution in [0.2, 0.25) is 0 Å². The van der Waals surface area contributed by atoms with Crippen LogP contribution in [0.1, 0.15) is 38.8 Å². The van der Waals surface area contributed by atoms with Crippen molar-refractivity contribution in [3.63, 3.8) is 0 Å². The van der Waals surface area contributed by atoms with Crippen molar-refractivity contribution in [3.05, 3.63) is 11.6 Å². The lowest BCUT2D eigenvalue weighted by atomic mass is 9.64. The second-order valence-electron chi connectivity index (χ2n) is 5.66. The Kier molecular flexibility index (Phi) is 3.73. The zero-order chi connectivity index (χ0) is 13.3. The average molecular weight is 252 g/mol. The molecular weight excluding hydrogens is 228 g/mol. The molecule has 1 saturated carbocycles. The molecule has 102 valence electrons. The van der Waals surface area contributed by atoms with Crippen LogP contribution in [0.25, 0.3) is 0 Å². The molecule has 1 aliphatic rings. The van der Waals surface area contributed by atoms with Gasteiger partial charge in [-0.15, -0.1) is 10.2 Å². The first-order valence-corrected chi connectivity index (χ1v) is 6.66. The monoisotopic (exact) mass is 252 g/mol. The maximum absolute atomic E-state index is 5.73. The summed E-state index contributed by atoms with van der Waals surface area (Å²) in [5, 5.41) is 11.8. The van der Waals surface area contributed by atoms with Gasteiger partial charge in [0.1, 0.15) is 11.6 Å². The summed E-state index contributed by atoms with van der Waals surface area (Å²) in [6.07, 6.45) is 1.46. The maximum Gasteiger partial charge on any atom is 0.146 e. The molecule has 2 unspecified atom stereocenters. The van der Waals surface area contributed by atoms with Crippen molar-refractivity contribution < 1.29 is 4.74 Å². The topological polar surface area (TPSA) is 52.0 Å². The van der Waals surface area contributed by atoms with E-state index in [0.29, 0.717) is 12.1 Å². The molecule has 1 aliphatic carbocycles. The van der Waals surface area contributed by atoms with Crippen molar-refractivity contribution >= 4 is 0 Å². The zero-order valence-corrected chi connectivity index (χ0v) is 12.0. The first-order valence-electron chi connectivity index (χ1n) is 6.66. The summed E-state index contributed by atoms with van der Waals surface area (Å²) in [6, 6.07) is 0.492. The average Bonchev–Trinajstić information content (AvgIpc) is 2.64. The molecule has 0 aromatic carbocycles. The molecule has 18 heavy (non-hydrogen) atoms. The van der Waals surface area contributed by atoms with Crippen LogP contribution in [-0.4, -0.2) is 33.5 Å². The summed E-state index contributed by atoms with van der Waals surface area (Å²) in [4.78, 5) is 0. The highest BCUT2D eigenvalue weighted by Crippen LogP contribution is 2.42. The fraction of sp³-hybridized carbons (Fsp3) is 0.846. The van der Waals surface area contributed by atoms with E-state index >= 15 is 0 Å². The second-order valence-corrected chi connectivity index (χ2v) is 5.66. The zero-order valence-electron chi connectivity index (χ0n) is 12.0. The third kappa shape index (κ3) is 2.29. The highest BCUT2D eigenvalue weighted by atomic mass is 16.5. The van der Waals surface area contributed by atoms with E-state index in [4.69, 9.17) is 4.74 Å². The van der Waals surface area contributed by atoms with E-state index in [1.807, 2.05) is 18.5 Å². The van der Waals surface area contributed by atoms with Crippen molar-refractivity contribution in [2.24, 2.45) is 12.5 Å². The summed E-state index contributed by atoms with van der Waals surface area (Å²) in [7, 11) is 2.00. The van der Waals surface area contributed by atoms with E-state index in [1.165, 1.54) is 0 Å². The van der Waals surface area contributed by atoms with Gasteiger partial charge in [-0.25, -0.2) is 0 Å². The Bertz CT molecular complexity index is 413. The fourth-order valence-corrected chi connectivity index (χ4v) is 2.54.